The van der Waals surface area contributed by atoms with Gasteiger partial charge in [-0.1, -0.05) is 194 Å². The molecule has 0 saturated carbocycles. The Morgan fingerprint density at radius 3 is 1.04 bits per heavy atom. The highest BCUT2D eigenvalue weighted by Gasteiger charge is 2.58. The summed E-state index contributed by atoms with van der Waals surface area (Å²) in [6, 6.07) is 71.6. The van der Waals surface area contributed by atoms with Crippen LogP contribution in [0.15, 0.2) is 243 Å². The molecule has 3 aliphatic heterocycles. The molecule has 0 N–H and O–H groups in total. The van der Waals surface area contributed by atoms with Crippen molar-refractivity contribution in [1.82, 2.24) is 0 Å². The SMILES string of the molecule is CO[C@@H]1O[C@@H](C)[C@H](O[C@H]2O[C@H](COCc3ccccc3)[C@@H](OCc3ccccc3)[C@H](OCc3ccccc3)[C@H]2OCc2ccccc2)[C@@H](O[C@@H]2O[C@@H](C)[C@H](OC(=O)c3ccccc3)[C@@H](OC(=O)c3ccccc3)[C@H]2OC(=O)c2ccccc2)[C@H]1OC(=O)c1ccccc1. The molecule has 482 valence electrons. The molecule has 0 bridgehead atoms. The summed E-state index contributed by atoms with van der Waals surface area (Å²) >= 11 is 0. The lowest BCUT2D eigenvalue weighted by atomic mass is 9.95. The highest BCUT2D eigenvalue weighted by atomic mass is 16.8. The average Bonchev–Trinajstić information content (AvgIpc) is 0.787. The van der Waals surface area contributed by atoms with E-state index in [1.165, 1.54) is 7.11 Å². The Balaban J connectivity index is 1.02. The summed E-state index contributed by atoms with van der Waals surface area (Å²) in [5.74, 6) is -3.30. The number of carbonyl (C=O) groups is 4. The van der Waals surface area contributed by atoms with Gasteiger partial charge in [0, 0.05) is 7.11 Å². The van der Waals surface area contributed by atoms with Crippen LogP contribution < -0.4 is 0 Å². The number of ether oxygens (including phenoxy) is 14. The summed E-state index contributed by atoms with van der Waals surface area (Å²) in [6.45, 7) is 3.86. The van der Waals surface area contributed by atoms with Crippen LogP contribution >= 0.6 is 0 Å². The first-order chi connectivity index (χ1) is 45.6. The Morgan fingerprint density at radius 1 is 0.312 bits per heavy atom. The van der Waals surface area contributed by atoms with Crippen LogP contribution in [0.4, 0.5) is 0 Å². The normalized spacial score (nSPS) is 26.0. The van der Waals surface area contributed by atoms with E-state index in [-0.39, 0.29) is 55.3 Å². The van der Waals surface area contributed by atoms with Gasteiger partial charge in [0.2, 0.25) is 0 Å². The van der Waals surface area contributed by atoms with Crippen molar-refractivity contribution < 1.29 is 85.5 Å². The number of benzene rings is 8. The van der Waals surface area contributed by atoms with Crippen LogP contribution in [0.2, 0.25) is 0 Å². The molecule has 0 unspecified atom stereocenters. The predicted molar refractivity (Wildman–Crippen MR) is 338 cm³/mol. The van der Waals surface area contributed by atoms with Gasteiger partial charge in [-0.15, -0.1) is 0 Å². The molecule has 11 rings (SSSR count). The van der Waals surface area contributed by atoms with E-state index in [0.29, 0.717) is 0 Å². The lowest BCUT2D eigenvalue weighted by Crippen LogP contribution is -2.67. The molecule has 0 aliphatic carbocycles. The zero-order chi connectivity index (χ0) is 64.3. The van der Waals surface area contributed by atoms with E-state index < -0.39 is 116 Å². The number of rotatable bonds is 26. The third-order valence-electron chi connectivity index (χ3n) is 16.1. The van der Waals surface area contributed by atoms with Crippen LogP contribution in [0.25, 0.3) is 0 Å². The van der Waals surface area contributed by atoms with Crippen LogP contribution in [0.1, 0.15) is 77.5 Å². The van der Waals surface area contributed by atoms with Gasteiger partial charge in [0.25, 0.3) is 0 Å². The van der Waals surface area contributed by atoms with Crippen LogP contribution in [0, 0.1) is 0 Å². The van der Waals surface area contributed by atoms with Crippen LogP contribution in [0.3, 0.4) is 0 Å². The van der Waals surface area contributed by atoms with E-state index in [0.717, 1.165) is 22.3 Å². The zero-order valence-electron chi connectivity index (χ0n) is 51.6. The first-order valence-electron chi connectivity index (χ1n) is 31.0. The van der Waals surface area contributed by atoms with Gasteiger partial charge in [0.15, 0.2) is 43.3 Å². The summed E-state index contributed by atoms with van der Waals surface area (Å²) in [4.78, 5) is 57.9. The molecule has 0 amide bonds. The Bertz CT molecular complexity index is 3580. The topological polar surface area (TPSA) is 198 Å². The molecule has 3 heterocycles. The molecule has 18 heteroatoms. The van der Waals surface area contributed by atoms with E-state index in [2.05, 4.69) is 0 Å². The van der Waals surface area contributed by atoms with Crippen molar-refractivity contribution in [3.63, 3.8) is 0 Å². The minimum absolute atomic E-state index is 0.0219. The van der Waals surface area contributed by atoms with Gasteiger partial charge >= 0.3 is 23.9 Å². The number of hydrogen-bond donors (Lipinski definition) is 0. The molecular weight excluding hydrogens is 1190 g/mol. The van der Waals surface area contributed by atoms with E-state index >= 15 is 0 Å². The van der Waals surface area contributed by atoms with Gasteiger partial charge in [-0.2, -0.15) is 0 Å². The van der Waals surface area contributed by atoms with E-state index in [9.17, 15) is 19.2 Å². The fourth-order valence-electron chi connectivity index (χ4n) is 11.4. The van der Waals surface area contributed by atoms with Gasteiger partial charge in [0.1, 0.15) is 36.6 Å². The molecule has 3 fully saturated rings. The van der Waals surface area contributed by atoms with Gasteiger partial charge in [-0.05, 0) is 84.6 Å². The Labute approximate surface area is 540 Å². The maximum Gasteiger partial charge on any atom is 0.338 e. The molecule has 3 aliphatic rings. The highest BCUT2D eigenvalue weighted by molar-refractivity contribution is 5.91. The summed E-state index contributed by atoms with van der Waals surface area (Å²) in [5.41, 5.74) is 4.12. The van der Waals surface area contributed by atoms with Crippen LogP contribution in [-0.2, 0) is 92.7 Å². The molecule has 15 atom stereocenters. The largest absolute Gasteiger partial charge is 0.452 e. The van der Waals surface area contributed by atoms with Crippen molar-refractivity contribution in [3.8, 4) is 0 Å². The number of carbonyl (C=O) groups excluding carboxylic acids is 4. The van der Waals surface area contributed by atoms with Crippen molar-refractivity contribution in [2.45, 2.75) is 132 Å². The molecule has 93 heavy (non-hydrogen) atoms. The molecule has 8 aromatic carbocycles. The lowest BCUT2D eigenvalue weighted by Gasteiger charge is -2.51. The van der Waals surface area contributed by atoms with E-state index in [1.54, 1.807) is 135 Å². The molecule has 0 spiro atoms. The number of esters is 4. The second kappa shape index (κ2) is 32.7. The van der Waals surface area contributed by atoms with Crippen molar-refractivity contribution in [2.24, 2.45) is 0 Å². The minimum Gasteiger partial charge on any atom is -0.452 e. The quantitative estimate of drug-likeness (QED) is 0.0366. The molecule has 0 aromatic heterocycles. The second-order valence-electron chi connectivity index (χ2n) is 22.6. The molecule has 0 radical (unpaired) electrons. The fraction of sp³-hybridized carbons (Fsp3) is 0.307. The summed E-state index contributed by atoms with van der Waals surface area (Å²) in [5, 5.41) is 0. The fourth-order valence-corrected chi connectivity index (χ4v) is 11.4. The van der Waals surface area contributed by atoms with Crippen LogP contribution in [0.5, 0.6) is 0 Å². The molecular formula is C75H74O18. The summed E-state index contributed by atoms with van der Waals surface area (Å²) in [7, 11) is 1.38. The van der Waals surface area contributed by atoms with E-state index in [4.69, 9.17) is 66.3 Å². The molecule has 8 aromatic rings. The zero-order valence-corrected chi connectivity index (χ0v) is 51.6. The van der Waals surface area contributed by atoms with Crippen molar-refractivity contribution in [2.75, 3.05) is 13.7 Å². The van der Waals surface area contributed by atoms with Crippen molar-refractivity contribution in [1.29, 1.82) is 0 Å². The second-order valence-corrected chi connectivity index (χ2v) is 22.6. The average molecular weight is 1260 g/mol. The first-order valence-corrected chi connectivity index (χ1v) is 31.0. The van der Waals surface area contributed by atoms with E-state index in [1.807, 2.05) is 121 Å². The minimum atomic E-state index is -1.75. The van der Waals surface area contributed by atoms with Gasteiger partial charge in [0.05, 0.1) is 67.5 Å². The van der Waals surface area contributed by atoms with Crippen molar-refractivity contribution in [3.05, 3.63) is 287 Å². The third-order valence-corrected chi connectivity index (χ3v) is 16.1. The molecule has 3 saturated heterocycles. The van der Waals surface area contributed by atoms with Gasteiger partial charge in [-0.25, -0.2) is 19.2 Å². The smallest absolute Gasteiger partial charge is 0.338 e. The number of hydrogen-bond acceptors (Lipinski definition) is 18. The summed E-state index contributed by atoms with van der Waals surface area (Å²) in [6.07, 6.45) is -19.8. The van der Waals surface area contributed by atoms with Gasteiger partial charge < -0.3 is 66.3 Å². The lowest BCUT2D eigenvalue weighted by molar-refractivity contribution is -0.385. The Hall–Kier alpha value is -8.76. The van der Waals surface area contributed by atoms with Crippen molar-refractivity contribution >= 4 is 23.9 Å². The summed E-state index contributed by atoms with van der Waals surface area (Å²) < 4.78 is 94.7. The highest BCUT2D eigenvalue weighted by Crippen LogP contribution is 2.39. The number of methoxy groups -OCH3 is 1. The predicted octanol–water partition coefficient (Wildman–Crippen LogP) is 11.5. The van der Waals surface area contributed by atoms with Gasteiger partial charge in [-0.3, -0.25) is 0 Å². The first kappa shape index (κ1) is 65.7. The third kappa shape index (κ3) is 17.3. The van der Waals surface area contributed by atoms with Crippen LogP contribution in [-0.4, -0.2) is 130 Å². The standard InChI is InChI=1S/C75H74O18/c1-49-60(88-69(76)55-36-20-8-21-37-55)64(89-70(77)56-38-22-9-23-39-56)68(91-72(79)58-42-26-11-27-43-58)75(86-49)93-65-61(50(2)85-73(80-3)67(65)90-71(78)57-40-24-10-25-41-57)92-74-66(84-47-54-34-18-7-19-35-54)63(83-46-53-32-16-6-17-33-53)62(82-45-52-30-14-5-15-31-52)59(87-74)48-81-44-51-28-12-4-13-29-51/h4-43,49-50,59-68,73-75H,44-48H2,1-3H3/t49-,50-,59+,60-,61-,62+,63-,64+,65+,66+,67+,68+,73+,74+,75-/m0/s1. The maximum absolute atomic E-state index is 14.7. The monoisotopic (exact) mass is 1260 g/mol. The Kier molecular flexibility index (Phi) is 23.1. The molecule has 18 nitrogen and oxygen atoms in total. The Morgan fingerprint density at radius 2 is 0.624 bits per heavy atom. The maximum atomic E-state index is 14.7.